The fourth-order valence-electron chi connectivity index (χ4n) is 2.08. The van der Waals surface area contributed by atoms with E-state index in [1.807, 2.05) is 36.6 Å². The van der Waals surface area contributed by atoms with Crippen LogP contribution in [0.2, 0.25) is 0 Å². The molecule has 21 heavy (non-hydrogen) atoms. The molecule has 2 aromatic rings. The van der Waals surface area contributed by atoms with E-state index in [9.17, 15) is 8.42 Å². The molecule has 0 amide bonds. The molecule has 2 rings (SSSR count). The molecule has 0 fully saturated rings. The van der Waals surface area contributed by atoms with E-state index in [0.717, 1.165) is 16.9 Å². The maximum Gasteiger partial charge on any atom is 0.243 e. The summed E-state index contributed by atoms with van der Waals surface area (Å²) in [6.45, 7) is 2.45. The maximum absolute atomic E-state index is 12.6. The summed E-state index contributed by atoms with van der Waals surface area (Å²) in [6.07, 6.45) is 0.752. The van der Waals surface area contributed by atoms with Crippen LogP contribution in [-0.2, 0) is 16.4 Å². The average molecular weight is 324 g/mol. The van der Waals surface area contributed by atoms with Crippen LogP contribution in [0, 0.1) is 0 Å². The molecule has 2 N–H and O–H groups in total. The summed E-state index contributed by atoms with van der Waals surface area (Å²) in [5.41, 5.74) is 6.55. The van der Waals surface area contributed by atoms with Crippen LogP contribution in [0.15, 0.2) is 46.7 Å². The summed E-state index contributed by atoms with van der Waals surface area (Å²) >= 11 is 1.56. The maximum atomic E-state index is 12.6. The van der Waals surface area contributed by atoms with Gasteiger partial charge in [-0.3, -0.25) is 0 Å². The third-order valence-electron chi connectivity index (χ3n) is 3.53. The van der Waals surface area contributed by atoms with Crippen molar-refractivity contribution < 1.29 is 8.42 Å². The largest absolute Gasteiger partial charge is 0.330 e. The molecule has 0 saturated carbocycles. The van der Waals surface area contributed by atoms with Crippen molar-refractivity contribution in [3.8, 4) is 0 Å². The summed E-state index contributed by atoms with van der Waals surface area (Å²) in [7, 11) is -1.87. The molecule has 0 aliphatic heterocycles. The van der Waals surface area contributed by atoms with Gasteiger partial charge in [-0.2, -0.15) is 4.31 Å². The minimum atomic E-state index is -3.49. The molecule has 6 heteroatoms. The van der Waals surface area contributed by atoms with Crippen LogP contribution in [0.3, 0.4) is 0 Å². The van der Waals surface area contributed by atoms with E-state index in [1.54, 1.807) is 30.5 Å². The Labute approximate surface area is 130 Å². The molecule has 0 bridgehead atoms. The molecule has 0 radical (unpaired) electrons. The van der Waals surface area contributed by atoms with Crippen molar-refractivity contribution in [2.45, 2.75) is 24.3 Å². The first-order valence-electron chi connectivity index (χ1n) is 6.77. The lowest BCUT2D eigenvalue weighted by Gasteiger charge is -2.23. The van der Waals surface area contributed by atoms with E-state index in [-0.39, 0.29) is 6.04 Å². The van der Waals surface area contributed by atoms with Crippen molar-refractivity contribution in [2.24, 2.45) is 5.73 Å². The van der Waals surface area contributed by atoms with Gasteiger partial charge in [-0.25, -0.2) is 8.42 Å². The molecule has 0 saturated heterocycles. The molecule has 0 spiro atoms. The first-order chi connectivity index (χ1) is 9.96. The molecular weight excluding hydrogens is 304 g/mol. The number of hydrogen-bond donors (Lipinski definition) is 1. The topological polar surface area (TPSA) is 63.4 Å². The lowest BCUT2D eigenvalue weighted by molar-refractivity contribution is 0.403. The Morgan fingerprint density at radius 3 is 2.43 bits per heavy atom. The van der Waals surface area contributed by atoms with Crippen molar-refractivity contribution in [3.05, 3.63) is 52.2 Å². The number of thiophene rings is 1. The third-order valence-corrected chi connectivity index (χ3v) is 6.52. The summed E-state index contributed by atoms with van der Waals surface area (Å²) in [4.78, 5) is 1.34. The lowest BCUT2D eigenvalue weighted by atomic mass is 10.2. The van der Waals surface area contributed by atoms with Crippen molar-refractivity contribution in [1.82, 2.24) is 4.31 Å². The van der Waals surface area contributed by atoms with E-state index in [1.165, 1.54) is 4.31 Å². The van der Waals surface area contributed by atoms with Gasteiger partial charge < -0.3 is 5.73 Å². The number of rotatable bonds is 6. The SMILES string of the molecule is CC(c1cccs1)N(C)S(=O)(=O)c1ccc(CCN)cc1. The van der Waals surface area contributed by atoms with Crippen molar-refractivity contribution in [2.75, 3.05) is 13.6 Å². The fourth-order valence-corrected chi connectivity index (χ4v) is 4.31. The van der Waals surface area contributed by atoms with Gasteiger partial charge in [-0.15, -0.1) is 11.3 Å². The van der Waals surface area contributed by atoms with E-state index in [0.29, 0.717) is 11.4 Å². The molecule has 4 nitrogen and oxygen atoms in total. The Morgan fingerprint density at radius 1 is 1.24 bits per heavy atom. The lowest BCUT2D eigenvalue weighted by Crippen LogP contribution is -2.29. The molecule has 114 valence electrons. The average Bonchev–Trinajstić information content (AvgIpc) is 3.01. The molecule has 1 unspecified atom stereocenters. The number of hydrogen-bond acceptors (Lipinski definition) is 4. The quantitative estimate of drug-likeness (QED) is 0.888. The second-order valence-electron chi connectivity index (χ2n) is 4.90. The second-order valence-corrected chi connectivity index (χ2v) is 7.87. The van der Waals surface area contributed by atoms with E-state index < -0.39 is 10.0 Å². The van der Waals surface area contributed by atoms with E-state index >= 15 is 0 Å². The summed E-state index contributed by atoms with van der Waals surface area (Å²) in [5.74, 6) is 0. The highest BCUT2D eigenvalue weighted by Crippen LogP contribution is 2.28. The van der Waals surface area contributed by atoms with Crippen LogP contribution in [-0.4, -0.2) is 26.3 Å². The van der Waals surface area contributed by atoms with Crippen LogP contribution in [0.25, 0.3) is 0 Å². The van der Waals surface area contributed by atoms with Crippen molar-refractivity contribution in [3.63, 3.8) is 0 Å². The molecule has 1 aromatic carbocycles. The molecular formula is C15H20N2O2S2. The molecule has 0 aliphatic carbocycles. The van der Waals surface area contributed by atoms with Crippen molar-refractivity contribution in [1.29, 1.82) is 0 Å². The third kappa shape index (κ3) is 3.52. The minimum absolute atomic E-state index is 0.182. The standard InChI is InChI=1S/C15H20N2O2S2/c1-12(15-4-3-11-20-15)17(2)21(18,19)14-7-5-13(6-8-14)9-10-16/h3-8,11-12H,9-10,16H2,1-2H3. The Morgan fingerprint density at radius 2 is 1.90 bits per heavy atom. The highest BCUT2D eigenvalue weighted by Gasteiger charge is 2.26. The van der Waals surface area contributed by atoms with Crippen LogP contribution >= 0.6 is 11.3 Å². The Hall–Kier alpha value is -1.21. The van der Waals surface area contributed by atoms with Crippen molar-refractivity contribution >= 4 is 21.4 Å². The second kappa shape index (κ2) is 6.70. The Bertz CT molecular complexity index is 664. The Kier molecular flexibility index (Phi) is 5.16. The Balaban J connectivity index is 2.24. The molecule has 1 atom stereocenters. The fraction of sp³-hybridized carbons (Fsp3) is 0.333. The summed E-state index contributed by atoms with van der Waals surface area (Å²) in [6, 6.07) is 10.6. The zero-order valence-electron chi connectivity index (χ0n) is 12.2. The van der Waals surface area contributed by atoms with E-state index in [2.05, 4.69) is 0 Å². The van der Waals surface area contributed by atoms with Gasteiger partial charge >= 0.3 is 0 Å². The van der Waals surface area contributed by atoms with Crippen LogP contribution in [0.4, 0.5) is 0 Å². The minimum Gasteiger partial charge on any atom is -0.330 e. The molecule has 1 aromatic heterocycles. The van der Waals surface area contributed by atoms with Gasteiger partial charge in [0.25, 0.3) is 0 Å². The van der Waals surface area contributed by atoms with Crippen LogP contribution in [0.5, 0.6) is 0 Å². The van der Waals surface area contributed by atoms with Gasteiger partial charge in [0.2, 0.25) is 10.0 Å². The number of nitrogens with zero attached hydrogens (tertiary/aromatic N) is 1. The highest BCUT2D eigenvalue weighted by molar-refractivity contribution is 7.89. The zero-order valence-corrected chi connectivity index (χ0v) is 13.8. The zero-order chi connectivity index (χ0) is 15.5. The van der Waals surface area contributed by atoms with Crippen LogP contribution < -0.4 is 5.73 Å². The smallest absolute Gasteiger partial charge is 0.243 e. The van der Waals surface area contributed by atoms with E-state index in [4.69, 9.17) is 5.73 Å². The predicted molar refractivity (Wildman–Crippen MR) is 86.9 cm³/mol. The summed E-state index contributed by atoms with van der Waals surface area (Å²) < 4.78 is 26.7. The van der Waals surface area contributed by atoms with Gasteiger partial charge in [0.05, 0.1) is 10.9 Å². The first kappa shape index (κ1) is 16.2. The van der Waals surface area contributed by atoms with Gasteiger partial charge in [0.1, 0.15) is 0 Å². The normalized spacial score (nSPS) is 13.5. The molecule has 0 aliphatic rings. The number of nitrogens with two attached hydrogens (primary N) is 1. The number of benzene rings is 1. The van der Waals surface area contributed by atoms with Crippen LogP contribution in [0.1, 0.15) is 23.4 Å². The monoisotopic (exact) mass is 324 g/mol. The molecule has 1 heterocycles. The summed E-state index contributed by atoms with van der Waals surface area (Å²) in [5, 5.41) is 1.95. The van der Waals surface area contributed by atoms with Gasteiger partial charge in [0, 0.05) is 11.9 Å². The first-order valence-corrected chi connectivity index (χ1v) is 9.09. The predicted octanol–water partition coefficient (Wildman–Crippen LogP) is 2.63. The van der Waals surface area contributed by atoms with Gasteiger partial charge in [-0.1, -0.05) is 18.2 Å². The highest BCUT2D eigenvalue weighted by atomic mass is 32.2. The number of sulfonamides is 1. The van der Waals surface area contributed by atoms with Gasteiger partial charge in [0.15, 0.2) is 0 Å². The van der Waals surface area contributed by atoms with Gasteiger partial charge in [-0.05, 0) is 49.0 Å².